The fourth-order valence-corrected chi connectivity index (χ4v) is 5.28. The first-order valence-electron chi connectivity index (χ1n) is 11.6. The predicted octanol–water partition coefficient (Wildman–Crippen LogP) is 4.15. The molecular formula is C27H28N4O3S. The number of nitrogens with zero attached hydrogens (tertiary/aromatic N) is 3. The highest BCUT2D eigenvalue weighted by Crippen LogP contribution is 2.41. The number of nitrogens with one attached hydrogen (secondary N) is 1. The van der Waals surface area contributed by atoms with Gasteiger partial charge in [0.15, 0.2) is 0 Å². The topological polar surface area (TPSA) is 76.1 Å². The molecule has 0 bridgehead atoms. The fraction of sp³-hybridized carbons (Fsp3) is 0.259. The van der Waals surface area contributed by atoms with Gasteiger partial charge < -0.3 is 20.2 Å². The Morgan fingerprint density at radius 3 is 2.54 bits per heavy atom. The van der Waals surface area contributed by atoms with Gasteiger partial charge in [0.05, 0.1) is 22.5 Å². The first-order chi connectivity index (χ1) is 16.9. The number of aromatic carboxylic acids is 1. The van der Waals surface area contributed by atoms with Crippen LogP contribution in [0.4, 0.5) is 11.4 Å². The number of carbonyl (C=O) groups is 2. The minimum absolute atomic E-state index is 0.156. The molecule has 1 saturated heterocycles. The Hall–Kier alpha value is -3.46. The molecule has 0 spiro atoms. The van der Waals surface area contributed by atoms with Crippen molar-refractivity contribution in [1.82, 2.24) is 9.80 Å². The molecule has 3 aromatic rings. The van der Waals surface area contributed by atoms with E-state index in [1.54, 1.807) is 35.4 Å². The summed E-state index contributed by atoms with van der Waals surface area (Å²) in [6, 6.07) is 15.1. The van der Waals surface area contributed by atoms with Crippen LogP contribution < -0.4 is 10.2 Å². The number of benzene rings is 2. The highest BCUT2D eigenvalue weighted by molar-refractivity contribution is 7.08. The third-order valence-corrected chi connectivity index (χ3v) is 7.33. The van der Waals surface area contributed by atoms with Gasteiger partial charge in [-0.05, 0) is 54.4 Å². The van der Waals surface area contributed by atoms with E-state index in [9.17, 15) is 14.7 Å². The van der Waals surface area contributed by atoms with Crippen LogP contribution in [-0.4, -0.2) is 67.1 Å². The Morgan fingerprint density at radius 2 is 1.83 bits per heavy atom. The number of fused-ring (bicyclic) bond motifs is 1. The van der Waals surface area contributed by atoms with Gasteiger partial charge in [-0.2, -0.15) is 11.3 Å². The van der Waals surface area contributed by atoms with Crippen LogP contribution in [-0.2, 0) is 11.3 Å². The van der Waals surface area contributed by atoms with Gasteiger partial charge in [-0.1, -0.05) is 12.1 Å². The van der Waals surface area contributed by atoms with Crippen LogP contribution in [0.3, 0.4) is 0 Å². The summed E-state index contributed by atoms with van der Waals surface area (Å²) in [6.07, 6.45) is 0. The lowest BCUT2D eigenvalue weighted by atomic mass is 9.99. The van der Waals surface area contributed by atoms with E-state index >= 15 is 0 Å². The molecule has 2 aliphatic rings. The molecule has 2 aromatic carbocycles. The molecular weight excluding hydrogens is 460 g/mol. The van der Waals surface area contributed by atoms with E-state index in [4.69, 9.17) is 0 Å². The molecule has 2 N–H and O–H groups in total. The maximum atomic E-state index is 13.4. The van der Waals surface area contributed by atoms with E-state index < -0.39 is 5.97 Å². The second-order valence-electron chi connectivity index (χ2n) is 9.07. The average molecular weight is 489 g/mol. The number of rotatable bonds is 6. The van der Waals surface area contributed by atoms with Crippen molar-refractivity contribution in [3.05, 3.63) is 81.5 Å². The molecule has 0 unspecified atom stereocenters. The molecule has 2 aliphatic heterocycles. The maximum absolute atomic E-state index is 13.4. The molecule has 180 valence electrons. The van der Waals surface area contributed by atoms with Gasteiger partial charge in [-0.3, -0.25) is 9.69 Å². The van der Waals surface area contributed by atoms with Crippen LogP contribution in [0.25, 0.3) is 11.3 Å². The minimum Gasteiger partial charge on any atom is -0.478 e. The van der Waals surface area contributed by atoms with Crippen molar-refractivity contribution in [2.45, 2.75) is 6.54 Å². The molecule has 35 heavy (non-hydrogen) atoms. The molecule has 0 aliphatic carbocycles. The van der Waals surface area contributed by atoms with Crippen LogP contribution in [0.2, 0.25) is 0 Å². The molecule has 5 rings (SSSR count). The minimum atomic E-state index is -1.02. The summed E-state index contributed by atoms with van der Waals surface area (Å²) >= 11 is 1.55. The Balaban J connectivity index is 1.53. The highest BCUT2D eigenvalue weighted by Gasteiger charge is 2.34. The first kappa shape index (κ1) is 23.3. The lowest BCUT2D eigenvalue weighted by molar-refractivity contribution is -0.112. The van der Waals surface area contributed by atoms with Crippen molar-refractivity contribution in [3.8, 4) is 0 Å². The normalized spacial score (nSPS) is 18.0. The zero-order valence-corrected chi connectivity index (χ0v) is 20.6. The lowest BCUT2D eigenvalue weighted by Crippen LogP contribution is -2.43. The second kappa shape index (κ2) is 9.65. The van der Waals surface area contributed by atoms with Gasteiger partial charge in [-0.15, -0.1) is 0 Å². The zero-order chi connectivity index (χ0) is 24.5. The Labute approximate surface area is 208 Å². The molecule has 1 fully saturated rings. The van der Waals surface area contributed by atoms with Gasteiger partial charge in [0.1, 0.15) is 0 Å². The number of piperazine rings is 1. The fourth-order valence-electron chi connectivity index (χ4n) is 4.64. The second-order valence-corrected chi connectivity index (χ2v) is 9.85. The number of amides is 1. The number of carbonyl (C=O) groups excluding carboxylic acids is 1. The van der Waals surface area contributed by atoms with E-state index in [0.717, 1.165) is 44.0 Å². The molecule has 0 saturated carbocycles. The van der Waals surface area contributed by atoms with E-state index in [0.29, 0.717) is 22.5 Å². The van der Waals surface area contributed by atoms with Crippen molar-refractivity contribution in [2.24, 2.45) is 0 Å². The summed E-state index contributed by atoms with van der Waals surface area (Å²) in [7, 11) is 3.87. The summed E-state index contributed by atoms with van der Waals surface area (Å²) in [4.78, 5) is 31.4. The van der Waals surface area contributed by atoms with E-state index in [1.807, 2.05) is 29.0 Å². The molecule has 0 radical (unpaired) electrons. The molecule has 8 heteroatoms. The quantitative estimate of drug-likeness (QED) is 0.508. The van der Waals surface area contributed by atoms with Crippen LogP contribution in [0.15, 0.2) is 59.3 Å². The number of anilines is 2. The van der Waals surface area contributed by atoms with Gasteiger partial charge in [0, 0.05) is 62.0 Å². The van der Waals surface area contributed by atoms with Crippen LogP contribution >= 0.6 is 11.3 Å². The number of hydrogen-bond donors (Lipinski definition) is 2. The average Bonchev–Trinajstić information content (AvgIpc) is 3.47. The van der Waals surface area contributed by atoms with Crippen molar-refractivity contribution in [2.75, 3.05) is 50.5 Å². The molecule has 3 heterocycles. The van der Waals surface area contributed by atoms with Crippen molar-refractivity contribution >= 4 is 45.9 Å². The maximum Gasteiger partial charge on any atom is 0.335 e. The number of likely N-dealkylation sites (N-methyl/N-ethyl adjacent to an activating group) is 2. The summed E-state index contributed by atoms with van der Waals surface area (Å²) in [5.41, 5.74) is 5.64. The standard InChI is InChI=1S/C27H28N4O3S/c1-29-9-11-31(12-10-29)16-18-4-3-5-21(14-18)28-25(20-8-13-35-17-20)24-22-15-19(27(33)34)6-7-23(22)30(2)26(24)32/h3-8,13-15,17,28H,9-12,16H2,1-2H3,(H,33,34). The predicted molar refractivity (Wildman–Crippen MR) is 141 cm³/mol. The SMILES string of the molecule is CN1CCN(Cc2cccc(NC(=C3C(=O)N(C)c4ccc(C(=O)O)cc43)c3ccsc3)c2)CC1. The summed E-state index contributed by atoms with van der Waals surface area (Å²) in [5.74, 6) is -1.18. The Kier molecular flexibility index (Phi) is 6.42. The summed E-state index contributed by atoms with van der Waals surface area (Å²) in [5, 5.41) is 17.0. The van der Waals surface area contributed by atoms with Crippen molar-refractivity contribution < 1.29 is 14.7 Å². The smallest absolute Gasteiger partial charge is 0.335 e. The van der Waals surface area contributed by atoms with Crippen LogP contribution in [0.5, 0.6) is 0 Å². The van der Waals surface area contributed by atoms with Crippen LogP contribution in [0.1, 0.15) is 27.0 Å². The van der Waals surface area contributed by atoms with Crippen molar-refractivity contribution in [1.29, 1.82) is 0 Å². The zero-order valence-electron chi connectivity index (χ0n) is 19.8. The van der Waals surface area contributed by atoms with E-state index in [2.05, 4.69) is 34.3 Å². The number of carboxylic acids is 1. The molecule has 1 aromatic heterocycles. The summed E-state index contributed by atoms with van der Waals surface area (Å²) < 4.78 is 0. The number of carboxylic acid groups (broad SMARTS) is 1. The largest absolute Gasteiger partial charge is 0.478 e. The number of hydrogen-bond acceptors (Lipinski definition) is 6. The third-order valence-electron chi connectivity index (χ3n) is 6.65. The van der Waals surface area contributed by atoms with Gasteiger partial charge in [0.2, 0.25) is 0 Å². The van der Waals surface area contributed by atoms with Crippen LogP contribution in [0, 0.1) is 0 Å². The first-order valence-corrected chi connectivity index (χ1v) is 12.5. The Bertz CT molecular complexity index is 1290. The Morgan fingerprint density at radius 1 is 1.03 bits per heavy atom. The van der Waals surface area contributed by atoms with E-state index in [1.165, 1.54) is 11.6 Å². The van der Waals surface area contributed by atoms with Gasteiger partial charge in [0.25, 0.3) is 5.91 Å². The van der Waals surface area contributed by atoms with Crippen molar-refractivity contribution in [3.63, 3.8) is 0 Å². The molecule has 1 amide bonds. The third kappa shape index (κ3) is 4.73. The summed E-state index contributed by atoms with van der Waals surface area (Å²) in [6.45, 7) is 5.10. The number of thiophene rings is 1. The molecule has 7 nitrogen and oxygen atoms in total. The van der Waals surface area contributed by atoms with E-state index in [-0.39, 0.29) is 11.5 Å². The monoisotopic (exact) mass is 488 g/mol. The van der Waals surface area contributed by atoms with Gasteiger partial charge in [-0.25, -0.2) is 4.79 Å². The van der Waals surface area contributed by atoms with Gasteiger partial charge >= 0.3 is 5.97 Å². The highest BCUT2D eigenvalue weighted by atomic mass is 32.1. The lowest BCUT2D eigenvalue weighted by Gasteiger charge is -2.32. The molecule has 0 atom stereocenters.